The highest BCUT2D eigenvalue weighted by molar-refractivity contribution is 5.38. The highest BCUT2D eigenvalue weighted by Crippen LogP contribution is 2.33. The topological polar surface area (TPSA) is 45.2 Å². The largest absolute Gasteiger partial charge is 0.363 e. The lowest BCUT2D eigenvalue weighted by molar-refractivity contribution is 0.237. The van der Waals surface area contributed by atoms with Crippen LogP contribution in [0.3, 0.4) is 0 Å². The van der Waals surface area contributed by atoms with Gasteiger partial charge >= 0.3 is 0 Å². The Kier molecular flexibility index (Phi) is 4.52. The van der Waals surface area contributed by atoms with Crippen molar-refractivity contribution in [2.24, 2.45) is 0 Å². The average Bonchev–Trinajstić information content (AvgIpc) is 2.97. The Morgan fingerprint density at radius 1 is 1.35 bits per heavy atom. The Hall–Kier alpha value is -2.08. The van der Waals surface area contributed by atoms with Gasteiger partial charge in [-0.25, -0.2) is 14.4 Å². The molecule has 23 heavy (non-hydrogen) atoms. The molecule has 2 aromatic heterocycles. The summed E-state index contributed by atoms with van der Waals surface area (Å²) in [4.78, 5) is 17.5. The minimum absolute atomic E-state index is 0.191. The van der Waals surface area contributed by atoms with Gasteiger partial charge in [0, 0.05) is 32.9 Å². The molecule has 0 radical (unpaired) electrons. The van der Waals surface area contributed by atoms with Crippen LogP contribution >= 0.6 is 0 Å². The van der Waals surface area contributed by atoms with Crippen LogP contribution in [0.2, 0.25) is 0 Å². The van der Waals surface area contributed by atoms with Crippen LogP contribution in [0.5, 0.6) is 0 Å². The monoisotopic (exact) mass is 315 g/mol. The average molecular weight is 315 g/mol. The molecule has 3 rings (SSSR count). The number of likely N-dealkylation sites (tertiary alicyclic amines) is 1. The van der Waals surface area contributed by atoms with Gasteiger partial charge < -0.3 is 4.90 Å². The molecule has 0 bridgehead atoms. The second-order valence-electron chi connectivity index (χ2n) is 6.15. The molecule has 0 N–H and O–H groups in total. The summed E-state index contributed by atoms with van der Waals surface area (Å²) >= 11 is 0. The van der Waals surface area contributed by atoms with Crippen molar-refractivity contribution in [3.63, 3.8) is 0 Å². The van der Waals surface area contributed by atoms with E-state index < -0.39 is 0 Å². The van der Waals surface area contributed by atoms with Crippen LogP contribution < -0.4 is 4.90 Å². The van der Waals surface area contributed by atoms with E-state index in [0.717, 1.165) is 36.7 Å². The third kappa shape index (κ3) is 3.47. The van der Waals surface area contributed by atoms with Gasteiger partial charge in [0.2, 0.25) is 0 Å². The number of pyridine rings is 1. The van der Waals surface area contributed by atoms with Crippen LogP contribution in [-0.2, 0) is 6.54 Å². The predicted molar refractivity (Wildman–Crippen MR) is 87.7 cm³/mol. The van der Waals surface area contributed by atoms with E-state index in [1.807, 2.05) is 32.0 Å². The first-order valence-corrected chi connectivity index (χ1v) is 7.91. The number of aromatic nitrogens is 3. The SMILES string of the molecule is Cc1nc([C@H]2CCCN2Cc2ncccc2F)cc(N(C)C)n1. The van der Waals surface area contributed by atoms with Crippen LogP contribution in [0.1, 0.15) is 36.1 Å². The molecule has 1 fully saturated rings. The minimum atomic E-state index is -0.244. The quantitative estimate of drug-likeness (QED) is 0.868. The summed E-state index contributed by atoms with van der Waals surface area (Å²) in [5.74, 6) is 1.43. The fourth-order valence-corrected chi connectivity index (χ4v) is 3.05. The van der Waals surface area contributed by atoms with Gasteiger partial charge in [0.25, 0.3) is 0 Å². The summed E-state index contributed by atoms with van der Waals surface area (Å²) in [6.45, 7) is 3.35. The van der Waals surface area contributed by atoms with Crippen LogP contribution in [0.4, 0.5) is 10.2 Å². The van der Waals surface area contributed by atoms with Gasteiger partial charge in [-0.1, -0.05) is 0 Å². The third-order valence-electron chi connectivity index (χ3n) is 4.20. The third-order valence-corrected chi connectivity index (χ3v) is 4.20. The predicted octanol–water partition coefficient (Wildman–Crippen LogP) is 2.72. The van der Waals surface area contributed by atoms with Gasteiger partial charge in [0.1, 0.15) is 17.5 Å². The first-order chi connectivity index (χ1) is 11.0. The number of aryl methyl sites for hydroxylation is 1. The van der Waals surface area contributed by atoms with Crippen molar-refractivity contribution in [3.8, 4) is 0 Å². The summed E-state index contributed by atoms with van der Waals surface area (Å²) in [7, 11) is 3.95. The molecule has 1 aliphatic rings. The molecule has 0 spiro atoms. The summed E-state index contributed by atoms with van der Waals surface area (Å²) in [6.07, 6.45) is 3.75. The van der Waals surface area contributed by atoms with E-state index in [-0.39, 0.29) is 11.9 Å². The van der Waals surface area contributed by atoms with Crippen molar-refractivity contribution >= 4 is 5.82 Å². The molecule has 6 heteroatoms. The molecule has 1 aliphatic heterocycles. The molecule has 122 valence electrons. The smallest absolute Gasteiger partial charge is 0.146 e. The minimum Gasteiger partial charge on any atom is -0.363 e. The van der Waals surface area contributed by atoms with Crippen molar-refractivity contribution in [1.82, 2.24) is 19.9 Å². The first-order valence-electron chi connectivity index (χ1n) is 7.91. The number of hydrogen-bond acceptors (Lipinski definition) is 5. The Morgan fingerprint density at radius 3 is 2.91 bits per heavy atom. The van der Waals surface area contributed by atoms with Crippen molar-refractivity contribution in [2.45, 2.75) is 32.4 Å². The molecular formula is C17H22FN5. The molecule has 1 atom stereocenters. The summed E-state index contributed by atoms with van der Waals surface area (Å²) < 4.78 is 13.9. The van der Waals surface area contributed by atoms with Crippen LogP contribution in [0.15, 0.2) is 24.4 Å². The molecule has 3 heterocycles. The van der Waals surface area contributed by atoms with Crippen molar-refractivity contribution in [3.05, 3.63) is 47.4 Å². The van der Waals surface area contributed by atoms with E-state index in [4.69, 9.17) is 0 Å². The van der Waals surface area contributed by atoms with Crippen LogP contribution in [0, 0.1) is 12.7 Å². The molecule has 1 saturated heterocycles. The fraction of sp³-hybridized carbons (Fsp3) is 0.471. The van der Waals surface area contributed by atoms with Gasteiger partial charge in [-0.3, -0.25) is 9.88 Å². The number of rotatable bonds is 4. The van der Waals surface area contributed by atoms with E-state index in [1.54, 1.807) is 12.3 Å². The fourth-order valence-electron chi connectivity index (χ4n) is 3.05. The molecule has 0 amide bonds. The normalized spacial score (nSPS) is 18.3. The van der Waals surface area contributed by atoms with Crippen molar-refractivity contribution < 1.29 is 4.39 Å². The Balaban J connectivity index is 1.86. The summed E-state index contributed by atoms with van der Waals surface area (Å²) in [6, 6.07) is 5.31. The Labute approximate surface area is 136 Å². The second-order valence-corrected chi connectivity index (χ2v) is 6.15. The molecule has 0 aliphatic carbocycles. The molecule has 0 unspecified atom stereocenters. The van der Waals surface area contributed by atoms with Crippen LogP contribution in [-0.4, -0.2) is 40.5 Å². The Bertz CT molecular complexity index is 688. The number of halogens is 1. The molecule has 0 saturated carbocycles. The molecule has 5 nitrogen and oxygen atoms in total. The molecule has 2 aromatic rings. The molecular weight excluding hydrogens is 293 g/mol. The highest BCUT2D eigenvalue weighted by atomic mass is 19.1. The summed E-state index contributed by atoms with van der Waals surface area (Å²) in [5, 5.41) is 0. The number of nitrogens with zero attached hydrogens (tertiary/aromatic N) is 5. The highest BCUT2D eigenvalue weighted by Gasteiger charge is 2.28. The van der Waals surface area contributed by atoms with Gasteiger partial charge in [0.05, 0.1) is 17.4 Å². The van der Waals surface area contributed by atoms with E-state index >= 15 is 0 Å². The van der Waals surface area contributed by atoms with Gasteiger partial charge in [-0.05, 0) is 38.4 Å². The van der Waals surface area contributed by atoms with Gasteiger partial charge in [-0.15, -0.1) is 0 Å². The zero-order valence-electron chi connectivity index (χ0n) is 13.8. The van der Waals surface area contributed by atoms with Crippen LogP contribution in [0.25, 0.3) is 0 Å². The zero-order valence-corrected chi connectivity index (χ0v) is 13.8. The zero-order chi connectivity index (χ0) is 16.4. The molecule has 0 aromatic carbocycles. The van der Waals surface area contributed by atoms with E-state index in [0.29, 0.717) is 12.2 Å². The van der Waals surface area contributed by atoms with E-state index in [2.05, 4.69) is 19.9 Å². The number of anilines is 1. The van der Waals surface area contributed by atoms with Crippen molar-refractivity contribution in [1.29, 1.82) is 0 Å². The van der Waals surface area contributed by atoms with Gasteiger partial charge in [-0.2, -0.15) is 0 Å². The number of hydrogen-bond donors (Lipinski definition) is 0. The summed E-state index contributed by atoms with van der Waals surface area (Å²) in [5.41, 5.74) is 1.51. The standard InChI is InChI=1S/C17H22FN5/c1-12-20-14(10-17(21-12)22(2)3)16-7-5-9-23(16)11-15-13(18)6-4-8-19-15/h4,6,8,10,16H,5,7,9,11H2,1-3H3/t16-/m1/s1. The first kappa shape index (κ1) is 15.8. The van der Waals surface area contributed by atoms with E-state index in [1.165, 1.54) is 6.07 Å². The van der Waals surface area contributed by atoms with E-state index in [9.17, 15) is 4.39 Å². The lowest BCUT2D eigenvalue weighted by Crippen LogP contribution is -2.25. The lowest BCUT2D eigenvalue weighted by Gasteiger charge is -2.25. The Morgan fingerprint density at radius 2 is 2.17 bits per heavy atom. The maximum atomic E-state index is 13.9. The van der Waals surface area contributed by atoms with Crippen molar-refractivity contribution in [2.75, 3.05) is 25.5 Å². The maximum absolute atomic E-state index is 13.9. The van der Waals surface area contributed by atoms with Gasteiger partial charge in [0.15, 0.2) is 0 Å². The second kappa shape index (κ2) is 6.58. The lowest BCUT2D eigenvalue weighted by atomic mass is 10.1. The maximum Gasteiger partial charge on any atom is 0.146 e.